The predicted molar refractivity (Wildman–Crippen MR) is 127 cm³/mol. The maximum atomic E-state index is 12.6. The highest BCUT2D eigenvalue weighted by molar-refractivity contribution is 6.40. The van der Waals surface area contributed by atoms with Crippen LogP contribution in [0.2, 0.25) is 10.0 Å². The summed E-state index contributed by atoms with van der Waals surface area (Å²) in [5.41, 5.74) is 1.87. The molecule has 0 radical (unpaired) electrons. The van der Waals surface area contributed by atoms with Gasteiger partial charge in [-0.3, -0.25) is 14.6 Å². The Morgan fingerprint density at radius 2 is 1.74 bits per heavy atom. The lowest BCUT2D eigenvalue weighted by molar-refractivity contribution is -0.142. The summed E-state index contributed by atoms with van der Waals surface area (Å²) < 4.78 is 4.82. The van der Waals surface area contributed by atoms with Crippen LogP contribution < -0.4 is 10.6 Å². The number of anilines is 1. The van der Waals surface area contributed by atoms with Crippen molar-refractivity contribution in [3.05, 3.63) is 93.2 Å². The number of methoxy groups -OCH3 is 1. The topological polar surface area (TPSA) is 121 Å². The van der Waals surface area contributed by atoms with Crippen LogP contribution in [-0.4, -0.2) is 35.9 Å². The van der Waals surface area contributed by atoms with Crippen LogP contribution >= 0.6 is 23.2 Å². The van der Waals surface area contributed by atoms with E-state index in [1.165, 1.54) is 25.6 Å². The number of carbonyl (C=O) groups excluding carboxylic acids is 3. The summed E-state index contributed by atoms with van der Waals surface area (Å²) in [6.45, 7) is 0. The molecule has 172 valence electrons. The average Bonchev–Trinajstić information content (AvgIpc) is 2.84. The van der Waals surface area contributed by atoms with Crippen LogP contribution in [0.1, 0.15) is 31.8 Å². The van der Waals surface area contributed by atoms with Gasteiger partial charge >= 0.3 is 5.97 Å². The number of nitrogens with one attached hydrogen (secondary N) is 2. The highest BCUT2D eigenvalue weighted by Gasteiger charge is 2.23. The fourth-order valence-corrected chi connectivity index (χ4v) is 3.63. The van der Waals surface area contributed by atoms with Gasteiger partial charge in [0.1, 0.15) is 6.04 Å². The van der Waals surface area contributed by atoms with Crippen molar-refractivity contribution in [2.75, 3.05) is 12.4 Å². The lowest BCUT2D eigenvalue weighted by Gasteiger charge is -2.17. The van der Waals surface area contributed by atoms with Crippen molar-refractivity contribution < 1.29 is 19.1 Å². The van der Waals surface area contributed by atoms with Crippen LogP contribution in [0.3, 0.4) is 0 Å². The monoisotopic (exact) mass is 496 g/mol. The minimum atomic E-state index is -0.960. The molecule has 0 saturated carbocycles. The molecule has 2 amide bonds. The maximum Gasteiger partial charge on any atom is 0.328 e. The fraction of sp³-hybridized carbons (Fsp3) is 0.125. The van der Waals surface area contributed by atoms with Gasteiger partial charge in [-0.15, -0.1) is 0 Å². The number of halogens is 2. The molecule has 0 aliphatic rings. The molecule has 3 rings (SSSR count). The molecule has 0 fully saturated rings. The molecule has 34 heavy (non-hydrogen) atoms. The van der Waals surface area contributed by atoms with E-state index >= 15 is 0 Å². The molecule has 0 unspecified atom stereocenters. The number of nitrogens with zero attached hydrogens (tertiary/aromatic N) is 2. The Morgan fingerprint density at radius 3 is 2.35 bits per heavy atom. The number of esters is 1. The molecule has 2 aromatic carbocycles. The number of aromatic nitrogens is 1. The first-order valence-electron chi connectivity index (χ1n) is 9.90. The SMILES string of the molecule is COC(=O)[C@H](Cc1ccc(NC(=O)c2c(Cl)cncc2Cl)cc1)NC(=O)c1cccc(C#N)c1. The number of pyridine rings is 1. The summed E-state index contributed by atoms with van der Waals surface area (Å²) in [4.78, 5) is 41.2. The summed E-state index contributed by atoms with van der Waals surface area (Å²) in [7, 11) is 1.23. The molecular formula is C24H18Cl2N4O4. The van der Waals surface area contributed by atoms with E-state index in [4.69, 9.17) is 33.2 Å². The number of benzene rings is 2. The highest BCUT2D eigenvalue weighted by Crippen LogP contribution is 2.24. The molecular weight excluding hydrogens is 479 g/mol. The van der Waals surface area contributed by atoms with Gasteiger partial charge in [0, 0.05) is 30.1 Å². The fourth-order valence-electron chi connectivity index (χ4n) is 3.09. The van der Waals surface area contributed by atoms with Gasteiger partial charge in [0.2, 0.25) is 0 Å². The molecule has 3 aromatic rings. The van der Waals surface area contributed by atoms with Gasteiger partial charge in [-0.2, -0.15) is 5.26 Å². The zero-order valence-corrected chi connectivity index (χ0v) is 19.4. The van der Waals surface area contributed by atoms with E-state index in [9.17, 15) is 14.4 Å². The standard InChI is InChI=1S/C24H18Cl2N4O4/c1-34-24(33)20(30-22(31)16-4-2-3-15(9-16)11-27)10-14-5-7-17(8-6-14)29-23(32)21-18(25)12-28-13-19(21)26/h2-9,12-13,20H,10H2,1H3,(H,29,32)(H,30,31)/t20-/m0/s1. The molecule has 0 saturated heterocycles. The van der Waals surface area contributed by atoms with Crippen LogP contribution in [-0.2, 0) is 16.0 Å². The van der Waals surface area contributed by atoms with Gasteiger partial charge < -0.3 is 15.4 Å². The summed E-state index contributed by atoms with van der Waals surface area (Å²) in [6, 6.07) is 13.8. The van der Waals surface area contributed by atoms with Gasteiger partial charge in [0.05, 0.1) is 34.4 Å². The minimum Gasteiger partial charge on any atom is -0.467 e. The number of ether oxygens (including phenoxy) is 1. The van der Waals surface area contributed by atoms with E-state index < -0.39 is 23.8 Å². The third-order valence-corrected chi connectivity index (χ3v) is 5.35. The normalized spacial score (nSPS) is 11.1. The minimum absolute atomic E-state index is 0.108. The molecule has 0 bridgehead atoms. The lowest BCUT2D eigenvalue weighted by atomic mass is 10.0. The Morgan fingerprint density at radius 1 is 1.06 bits per heavy atom. The zero-order chi connectivity index (χ0) is 24.7. The van der Waals surface area contributed by atoms with Crippen molar-refractivity contribution in [1.29, 1.82) is 5.26 Å². The summed E-state index contributed by atoms with van der Waals surface area (Å²) in [5, 5.41) is 14.6. The van der Waals surface area contributed by atoms with Gasteiger partial charge in [-0.1, -0.05) is 41.4 Å². The third kappa shape index (κ3) is 6.10. The van der Waals surface area contributed by atoms with Gasteiger partial charge in [-0.25, -0.2) is 4.79 Å². The van der Waals surface area contributed by atoms with E-state index in [0.717, 1.165) is 0 Å². The summed E-state index contributed by atoms with van der Waals surface area (Å²) in [5.74, 6) is -1.63. The Labute approximate surface area is 205 Å². The Balaban J connectivity index is 1.70. The van der Waals surface area contributed by atoms with Crippen molar-refractivity contribution in [3.63, 3.8) is 0 Å². The smallest absolute Gasteiger partial charge is 0.328 e. The Kier molecular flexibility index (Phi) is 8.19. The van der Waals surface area contributed by atoms with E-state index in [0.29, 0.717) is 16.8 Å². The molecule has 0 spiro atoms. The van der Waals surface area contributed by atoms with E-state index in [1.807, 2.05) is 6.07 Å². The second-order valence-electron chi connectivity index (χ2n) is 7.08. The molecule has 8 nitrogen and oxygen atoms in total. The maximum absolute atomic E-state index is 12.6. The van der Waals surface area contributed by atoms with Gasteiger partial charge in [0.15, 0.2) is 0 Å². The number of amides is 2. The van der Waals surface area contributed by atoms with Crippen LogP contribution in [0.5, 0.6) is 0 Å². The first-order chi connectivity index (χ1) is 16.3. The number of nitriles is 1. The van der Waals surface area contributed by atoms with E-state index in [-0.39, 0.29) is 27.6 Å². The van der Waals surface area contributed by atoms with Crippen LogP contribution in [0.25, 0.3) is 0 Å². The Hall–Kier alpha value is -3.93. The quantitative estimate of drug-likeness (QED) is 0.476. The number of rotatable bonds is 7. The molecule has 0 aliphatic heterocycles. The predicted octanol–water partition coefficient (Wildman–Crippen LogP) is 4.03. The van der Waals surface area contributed by atoms with Crippen molar-refractivity contribution in [2.45, 2.75) is 12.5 Å². The van der Waals surface area contributed by atoms with Crippen LogP contribution in [0, 0.1) is 11.3 Å². The Bertz CT molecular complexity index is 1250. The molecule has 1 heterocycles. The van der Waals surface area contributed by atoms with E-state index in [2.05, 4.69) is 15.6 Å². The van der Waals surface area contributed by atoms with E-state index in [1.54, 1.807) is 42.5 Å². The number of hydrogen-bond acceptors (Lipinski definition) is 6. The molecule has 0 aliphatic carbocycles. The van der Waals surface area contributed by atoms with Gasteiger partial charge in [0.25, 0.3) is 11.8 Å². The second kappa shape index (κ2) is 11.3. The van der Waals surface area contributed by atoms with Crippen molar-refractivity contribution in [3.8, 4) is 6.07 Å². The molecule has 2 N–H and O–H groups in total. The number of carbonyl (C=O) groups is 3. The molecule has 10 heteroatoms. The number of hydrogen-bond donors (Lipinski definition) is 2. The largest absolute Gasteiger partial charge is 0.467 e. The summed E-state index contributed by atoms with van der Waals surface area (Å²) in [6.07, 6.45) is 2.79. The highest BCUT2D eigenvalue weighted by atomic mass is 35.5. The van der Waals surface area contributed by atoms with Crippen LogP contribution in [0.4, 0.5) is 5.69 Å². The van der Waals surface area contributed by atoms with Crippen molar-refractivity contribution in [1.82, 2.24) is 10.3 Å². The second-order valence-corrected chi connectivity index (χ2v) is 7.89. The lowest BCUT2D eigenvalue weighted by Crippen LogP contribution is -2.43. The average molecular weight is 497 g/mol. The first kappa shape index (κ1) is 24.7. The van der Waals surface area contributed by atoms with Gasteiger partial charge in [-0.05, 0) is 35.9 Å². The summed E-state index contributed by atoms with van der Waals surface area (Å²) >= 11 is 12.0. The first-order valence-corrected chi connectivity index (χ1v) is 10.7. The van der Waals surface area contributed by atoms with Crippen LogP contribution in [0.15, 0.2) is 60.9 Å². The van der Waals surface area contributed by atoms with Crippen molar-refractivity contribution >= 4 is 46.7 Å². The van der Waals surface area contributed by atoms with Crippen molar-refractivity contribution in [2.24, 2.45) is 0 Å². The molecule has 1 aromatic heterocycles. The third-order valence-electron chi connectivity index (χ3n) is 4.78. The molecule has 1 atom stereocenters. The zero-order valence-electron chi connectivity index (χ0n) is 17.8.